The lowest BCUT2D eigenvalue weighted by Gasteiger charge is -2.39. The lowest BCUT2D eigenvalue weighted by molar-refractivity contribution is -0.132. The molecule has 2 N–H and O–H groups in total. The number of hydrogen-bond acceptors (Lipinski definition) is 4. The summed E-state index contributed by atoms with van der Waals surface area (Å²) in [6.07, 6.45) is 5.23. The summed E-state index contributed by atoms with van der Waals surface area (Å²) in [6.45, 7) is 13.7. The molecule has 2 unspecified atom stereocenters. The Kier molecular flexibility index (Phi) is 10.8. The zero-order valence-electron chi connectivity index (χ0n) is 19.1. The van der Waals surface area contributed by atoms with Gasteiger partial charge in [0.25, 0.3) is 0 Å². The van der Waals surface area contributed by atoms with Crippen LogP contribution in [0.5, 0.6) is 0 Å². The van der Waals surface area contributed by atoms with Gasteiger partial charge in [0.1, 0.15) is 0 Å². The van der Waals surface area contributed by atoms with Crippen LogP contribution >= 0.6 is 0 Å². The molecule has 0 spiro atoms. The minimum Gasteiger partial charge on any atom is -0.379 e. The number of rotatable bonds is 9. The van der Waals surface area contributed by atoms with Crippen LogP contribution in [0, 0.1) is 11.8 Å². The number of carbonyl (C=O) groups is 1. The van der Waals surface area contributed by atoms with Crippen molar-refractivity contribution in [2.24, 2.45) is 16.8 Å². The summed E-state index contributed by atoms with van der Waals surface area (Å²) in [6, 6.07) is 0.476. The van der Waals surface area contributed by atoms with E-state index < -0.39 is 0 Å². The van der Waals surface area contributed by atoms with Crippen molar-refractivity contribution in [3.05, 3.63) is 0 Å². The van der Waals surface area contributed by atoms with Gasteiger partial charge in [0, 0.05) is 58.8 Å². The van der Waals surface area contributed by atoms with Gasteiger partial charge in [0.05, 0.1) is 13.2 Å². The van der Waals surface area contributed by atoms with E-state index in [1.54, 1.807) is 7.05 Å². The van der Waals surface area contributed by atoms with Gasteiger partial charge < -0.3 is 20.3 Å². The van der Waals surface area contributed by atoms with E-state index in [1.165, 1.54) is 19.3 Å². The Hall–Kier alpha value is -1.34. The molecule has 0 saturated carbocycles. The van der Waals surface area contributed by atoms with Crippen LogP contribution in [-0.4, -0.2) is 87.2 Å². The van der Waals surface area contributed by atoms with Crippen molar-refractivity contribution in [1.82, 2.24) is 20.4 Å². The second kappa shape index (κ2) is 13.1. The lowest BCUT2D eigenvalue weighted by atomic mass is 9.92. The molecule has 2 atom stereocenters. The predicted molar refractivity (Wildman–Crippen MR) is 119 cm³/mol. The van der Waals surface area contributed by atoms with E-state index in [-0.39, 0.29) is 5.91 Å². The van der Waals surface area contributed by atoms with Gasteiger partial charge in [-0.15, -0.1) is 0 Å². The third-order valence-corrected chi connectivity index (χ3v) is 6.45. The number of morpholine rings is 1. The normalized spacial score (nSPS) is 22.6. The smallest absolute Gasteiger partial charge is 0.224 e. The monoisotopic (exact) mass is 409 g/mol. The van der Waals surface area contributed by atoms with Crippen molar-refractivity contribution in [1.29, 1.82) is 0 Å². The van der Waals surface area contributed by atoms with Crippen molar-refractivity contribution in [3.8, 4) is 0 Å². The molecular weight excluding hydrogens is 366 g/mol. The Morgan fingerprint density at radius 2 is 1.90 bits per heavy atom. The fourth-order valence-corrected chi connectivity index (χ4v) is 4.62. The van der Waals surface area contributed by atoms with E-state index >= 15 is 0 Å². The Morgan fingerprint density at radius 1 is 1.17 bits per heavy atom. The van der Waals surface area contributed by atoms with Crippen molar-refractivity contribution in [2.75, 3.05) is 59.5 Å². The molecule has 2 rings (SSSR count). The molecule has 2 fully saturated rings. The summed E-state index contributed by atoms with van der Waals surface area (Å²) >= 11 is 0. The fraction of sp³-hybridized carbons (Fsp3) is 0.909. The molecule has 1 amide bonds. The number of guanidine groups is 1. The van der Waals surface area contributed by atoms with E-state index in [2.05, 4.69) is 41.3 Å². The highest BCUT2D eigenvalue weighted by atomic mass is 16.5. The lowest BCUT2D eigenvalue weighted by Crippen LogP contribution is -2.53. The number of likely N-dealkylation sites (tertiary alicyclic amines) is 1. The summed E-state index contributed by atoms with van der Waals surface area (Å²) in [4.78, 5) is 21.4. The molecule has 2 saturated heterocycles. The number of piperidine rings is 1. The van der Waals surface area contributed by atoms with Gasteiger partial charge in [-0.2, -0.15) is 0 Å². The highest BCUT2D eigenvalue weighted by Gasteiger charge is 2.27. The molecule has 2 heterocycles. The molecule has 0 aromatic rings. The molecule has 168 valence electrons. The molecule has 2 aliphatic heterocycles. The van der Waals surface area contributed by atoms with Gasteiger partial charge in [-0.25, -0.2) is 0 Å². The first-order valence-electron chi connectivity index (χ1n) is 11.6. The van der Waals surface area contributed by atoms with E-state index in [0.29, 0.717) is 30.8 Å². The first-order valence-corrected chi connectivity index (χ1v) is 11.6. The Labute approximate surface area is 177 Å². The van der Waals surface area contributed by atoms with Crippen molar-refractivity contribution >= 4 is 11.9 Å². The van der Waals surface area contributed by atoms with Crippen LogP contribution in [0.1, 0.15) is 52.9 Å². The number of amides is 1. The summed E-state index contributed by atoms with van der Waals surface area (Å²) in [5.74, 6) is 2.32. The summed E-state index contributed by atoms with van der Waals surface area (Å²) in [5, 5.41) is 6.84. The fourth-order valence-electron chi connectivity index (χ4n) is 4.62. The van der Waals surface area contributed by atoms with E-state index in [1.807, 2.05) is 4.90 Å². The van der Waals surface area contributed by atoms with E-state index in [9.17, 15) is 4.79 Å². The van der Waals surface area contributed by atoms with Crippen LogP contribution in [0.25, 0.3) is 0 Å². The third-order valence-electron chi connectivity index (χ3n) is 6.45. The quantitative estimate of drug-likeness (QED) is 0.450. The largest absolute Gasteiger partial charge is 0.379 e. The van der Waals surface area contributed by atoms with Gasteiger partial charge in [0.15, 0.2) is 5.96 Å². The van der Waals surface area contributed by atoms with Crippen LogP contribution < -0.4 is 10.6 Å². The predicted octanol–water partition coefficient (Wildman–Crippen LogP) is 1.94. The van der Waals surface area contributed by atoms with Crippen LogP contribution in [0.4, 0.5) is 0 Å². The number of nitrogens with zero attached hydrogens (tertiary/aromatic N) is 3. The first-order chi connectivity index (χ1) is 14.1. The standard InChI is InChI=1S/C22H43N5O2/c1-5-19(6-2)20(26-12-14-29-15-13-26)16-25-22(23-4)24-10-9-21(28)27-11-7-8-18(3)17-27/h18-20H,5-17H2,1-4H3,(H2,23,24,25). The van der Waals surface area contributed by atoms with Crippen LogP contribution in [-0.2, 0) is 9.53 Å². The molecule has 0 aromatic heterocycles. The zero-order chi connectivity index (χ0) is 21.1. The van der Waals surface area contributed by atoms with Crippen LogP contribution in [0.2, 0.25) is 0 Å². The Bertz CT molecular complexity index is 503. The highest BCUT2D eigenvalue weighted by molar-refractivity contribution is 5.81. The van der Waals surface area contributed by atoms with E-state index in [0.717, 1.165) is 58.3 Å². The number of nitrogens with one attached hydrogen (secondary N) is 2. The number of aliphatic imine (C=N–C) groups is 1. The molecular formula is C22H43N5O2. The third kappa shape index (κ3) is 7.78. The maximum absolute atomic E-state index is 12.5. The minimum absolute atomic E-state index is 0.253. The summed E-state index contributed by atoms with van der Waals surface area (Å²) < 4.78 is 5.54. The zero-order valence-corrected chi connectivity index (χ0v) is 19.1. The molecule has 29 heavy (non-hydrogen) atoms. The molecule has 0 bridgehead atoms. The minimum atomic E-state index is 0.253. The molecule has 2 aliphatic rings. The topological polar surface area (TPSA) is 69.2 Å². The Morgan fingerprint density at radius 3 is 2.52 bits per heavy atom. The van der Waals surface area contributed by atoms with Crippen LogP contribution in [0.3, 0.4) is 0 Å². The molecule has 0 aromatic carbocycles. The van der Waals surface area contributed by atoms with Gasteiger partial charge >= 0.3 is 0 Å². The van der Waals surface area contributed by atoms with Crippen molar-refractivity contribution < 1.29 is 9.53 Å². The number of hydrogen-bond donors (Lipinski definition) is 2. The second-order valence-electron chi connectivity index (χ2n) is 8.51. The van der Waals surface area contributed by atoms with E-state index in [4.69, 9.17) is 4.74 Å². The molecule has 0 aliphatic carbocycles. The maximum Gasteiger partial charge on any atom is 0.224 e. The average molecular weight is 410 g/mol. The first kappa shape index (κ1) is 23.9. The highest BCUT2D eigenvalue weighted by Crippen LogP contribution is 2.19. The summed E-state index contributed by atoms with van der Waals surface area (Å²) in [7, 11) is 1.80. The molecule has 7 heteroatoms. The summed E-state index contributed by atoms with van der Waals surface area (Å²) in [5.41, 5.74) is 0. The van der Waals surface area contributed by atoms with Gasteiger partial charge in [-0.1, -0.05) is 33.6 Å². The van der Waals surface area contributed by atoms with Gasteiger partial charge in [-0.3, -0.25) is 14.7 Å². The van der Waals surface area contributed by atoms with Gasteiger partial charge in [0.2, 0.25) is 5.91 Å². The Balaban J connectivity index is 1.78. The number of carbonyl (C=O) groups excluding carboxylic acids is 1. The van der Waals surface area contributed by atoms with Crippen molar-refractivity contribution in [2.45, 2.75) is 58.9 Å². The average Bonchev–Trinajstić information content (AvgIpc) is 2.75. The SMILES string of the molecule is CCC(CC)C(CNC(=NC)NCCC(=O)N1CCCC(C)C1)N1CCOCC1. The number of ether oxygens (including phenoxy) is 1. The van der Waals surface area contributed by atoms with Crippen LogP contribution in [0.15, 0.2) is 4.99 Å². The second-order valence-corrected chi connectivity index (χ2v) is 8.51. The molecule has 0 radical (unpaired) electrons. The van der Waals surface area contributed by atoms with Crippen molar-refractivity contribution in [3.63, 3.8) is 0 Å². The maximum atomic E-state index is 12.5. The van der Waals surface area contributed by atoms with Gasteiger partial charge in [-0.05, 0) is 24.7 Å². The molecule has 7 nitrogen and oxygen atoms in total.